The highest BCUT2D eigenvalue weighted by Gasteiger charge is 2.08. The van der Waals surface area contributed by atoms with Crippen LogP contribution in [-0.2, 0) is 13.6 Å². The molecule has 5 nitrogen and oxygen atoms in total. The first-order valence-corrected chi connectivity index (χ1v) is 5.45. The molecule has 0 aliphatic heterocycles. The molecule has 0 unspecified atom stereocenters. The van der Waals surface area contributed by atoms with Crippen molar-refractivity contribution in [2.24, 2.45) is 7.05 Å². The van der Waals surface area contributed by atoms with Crippen molar-refractivity contribution in [3.05, 3.63) is 24.1 Å². The van der Waals surface area contributed by atoms with Crippen LogP contribution < -0.4 is 5.32 Å². The highest BCUT2D eigenvalue weighted by molar-refractivity contribution is 5.50. The molecule has 0 aromatic carbocycles. The first-order valence-electron chi connectivity index (χ1n) is 5.45. The van der Waals surface area contributed by atoms with E-state index < -0.39 is 0 Å². The van der Waals surface area contributed by atoms with Crippen molar-refractivity contribution in [2.45, 2.75) is 19.9 Å². The van der Waals surface area contributed by atoms with Gasteiger partial charge in [0.2, 0.25) is 0 Å². The smallest absolute Gasteiger partial charge is 0.154 e. The van der Waals surface area contributed by atoms with Gasteiger partial charge in [0, 0.05) is 7.05 Å². The SMILES string of the molecule is CCCNCc1ccc(-c2cnnn2C)o1. The minimum Gasteiger partial charge on any atom is -0.458 e. The Bertz CT molecular complexity index is 446. The van der Waals surface area contributed by atoms with Gasteiger partial charge in [0.1, 0.15) is 11.5 Å². The lowest BCUT2D eigenvalue weighted by molar-refractivity contribution is 0.489. The summed E-state index contributed by atoms with van der Waals surface area (Å²) in [6.45, 7) is 3.91. The fourth-order valence-electron chi connectivity index (χ4n) is 1.51. The lowest BCUT2D eigenvalue weighted by Crippen LogP contribution is -2.12. The van der Waals surface area contributed by atoms with E-state index in [2.05, 4.69) is 22.6 Å². The van der Waals surface area contributed by atoms with Crippen molar-refractivity contribution in [1.82, 2.24) is 20.3 Å². The Balaban J connectivity index is 2.05. The van der Waals surface area contributed by atoms with Crippen molar-refractivity contribution < 1.29 is 4.42 Å². The maximum atomic E-state index is 5.69. The molecule has 0 saturated carbocycles. The molecule has 0 fully saturated rings. The molecule has 2 aromatic heterocycles. The topological polar surface area (TPSA) is 55.9 Å². The minimum absolute atomic E-state index is 0.763. The zero-order valence-corrected chi connectivity index (χ0v) is 9.60. The van der Waals surface area contributed by atoms with Crippen LogP contribution in [0.3, 0.4) is 0 Å². The van der Waals surface area contributed by atoms with Crippen molar-refractivity contribution >= 4 is 0 Å². The Morgan fingerprint density at radius 2 is 2.31 bits per heavy atom. The number of nitrogens with zero attached hydrogens (tertiary/aromatic N) is 3. The molecule has 5 heteroatoms. The van der Waals surface area contributed by atoms with Gasteiger partial charge >= 0.3 is 0 Å². The molecule has 0 atom stereocenters. The van der Waals surface area contributed by atoms with Gasteiger partial charge in [-0.3, -0.25) is 0 Å². The van der Waals surface area contributed by atoms with E-state index in [4.69, 9.17) is 4.42 Å². The van der Waals surface area contributed by atoms with Gasteiger partial charge in [-0.25, -0.2) is 4.68 Å². The summed E-state index contributed by atoms with van der Waals surface area (Å²) in [6, 6.07) is 3.92. The van der Waals surface area contributed by atoms with Crippen LogP contribution in [0.1, 0.15) is 19.1 Å². The van der Waals surface area contributed by atoms with Gasteiger partial charge in [0.15, 0.2) is 5.76 Å². The summed E-state index contributed by atoms with van der Waals surface area (Å²) in [5.41, 5.74) is 0.891. The summed E-state index contributed by atoms with van der Waals surface area (Å²) in [6.07, 6.45) is 2.82. The lowest BCUT2D eigenvalue weighted by Gasteiger charge is -1.99. The van der Waals surface area contributed by atoms with Crippen LogP contribution in [0.2, 0.25) is 0 Å². The van der Waals surface area contributed by atoms with Gasteiger partial charge in [0.05, 0.1) is 12.7 Å². The first-order chi connectivity index (χ1) is 7.81. The zero-order chi connectivity index (χ0) is 11.4. The standard InChI is InChI=1S/C11H16N4O/c1-3-6-12-7-9-4-5-11(16-9)10-8-13-14-15(10)2/h4-5,8,12H,3,6-7H2,1-2H3. The van der Waals surface area contributed by atoms with Crippen LogP contribution in [-0.4, -0.2) is 21.5 Å². The average Bonchev–Trinajstić information content (AvgIpc) is 2.87. The van der Waals surface area contributed by atoms with Crippen LogP contribution in [0.15, 0.2) is 22.7 Å². The largest absolute Gasteiger partial charge is 0.458 e. The Morgan fingerprint density at radius 1 is 1.44 bits per heavy atom. The number of rotatable bonds is 5. The maximum absolute atomic E-state index is 5.69. The fraction of sp³-hybridized carbons (Fsp3) is 0.455. The van der Waals surface area contributed by atoms with Crippen LogP contribution in [0, 0.1) is 0 Å². The van der Waals surface area contributed by atoms with E-state index in [-0.39, 0.29) is 0 Å². The summed E-state index contributed by atoms with van der Waals surface area (Å²) in [7, 11) is 1.85. The molecule has 0 radical (unpaired) electrons. The number of aryl methyl sites for hydroxylation is 1. The minimum atomic E-state index is 0.763. The second-order valence-corrected chi connectivity index (χ2v) is 3.69. The summed E-state index contributed by atoms with van der Waals surface area (Å²) in [5, 5.41) is 11.0. The van der Waals surface area contributed by atoms with Gasteiger partial charge in [-0.05, 0) is 25.1 Å². The molecule has 1 N–H and O–H groups in total. The third-order valence-electron chi connectivity index (χ3n) is 2.35. The van der Waals surface area contributed by atoms with Crippen LogP contribution in [0.5, 0.6) is 0 Å². The number of hydrogen-bond donors (Lipinski definition) is 1. The van der Waals surface area contributed by atoms with E-state index >= 15 is 0 Å². The quantitative estimate of drug-likeness (QED) is 0.777. The van der Waals surface area contributed by atoms with Crippen LogP contribution in [0.25, 0.3) is 11.5 Å². The second-order valence-electron chi connectivity index (χ2n) is 3.69. The van der Waals surface area contributed by atoms with Gasteiger partial charge in [-0.15, -0.1) is 5.10 Å². The number of hydrogen-bond acceptors (Lipinski definition) is 4. The number of aromatic nitrogens is 3. The van der Waals surface area contributed by atoms with E-state index in [0.29, 0.717) is 0 Å². The highest BCUT2D eigenvalue weighted by atomic mass is 16.3. The molecular weight excluding hydrogens is 204 g/mol. The van der Waals surface area contributed by atoms with E-state index in [1.807, 2.05) is 19.2 Å². The van der Waals surface area contributed by atoms with Crippen LogP contribution in [0.4, 0.5) is 0 Å². The van der Waals surface area contributed by atoms with Crippen LogP contribution >= 0.6 is 0 Å². The second kappa shape index (κ2) is 4.94. The molecule has 2 rings (SSSR count). The predicted octanol–water partition coefficient (Wildman–Crippen LogP) is 1.57. The average molecular weight is 220 g/mol. The molecule has 0 saturated heterocycles. The Kier molecular flexibility index (Phi) is 3.36. The van der Waals surface area contributed by atoms with Gasteiger partial charge in [0.25, 0.3) is 0 Å². The summed E-state index contributed by atoms with van der Waals surface area (Å²) in [4.78, 5) is 0. The predicted molar refractivity (Wildman–Crippen MR) is 60.7 cm³/mol. The third-order valence-corrected chi connectivity index (χ3v) is 2.35. The summed E-state index contributed by atoms with van der Waals surface area (Å²) in [5.74, 6) is 1.74. The molecule has 16 heavy (non-hydrogen) atoms. The highest BCUT2D eigenvalue weighted by Crippen LogP contribution is 2.20. The van der Waals surface area contributed by atoms with E-state index in [9.17, 15) is 0 Å². The van der Waals surface area contributed by atoms with Gasteiger partial charge in [-0.2, -0.15) is 0 Å². The molecule has 0 aliphatic carbocycles. The normalized spacial score (nSPS) is 10.9. The monoisotopic (exact) mass is 220 g/mol. The van der Waals surface area contributed by atoms with E-state index in [0.717, 1.165) is 36.7 Å². The molecule has 2 heterocycles. The Morgan fingerprint density at radius 3 is 3.00 bits per heavy atom. The van der Waals surface area contributed by atoms with Crippen molar-refractivity contribution in [3.8, 4) is 11.5 Å². The maximum Gasteiger partial charge on any atom is 0.154 e. The molecule has 2 aromatic rings. The third kappa shape index (κ3) is 2.30. The fourth-order valence-corrected chi connectivity index (χ4v) is 1.51. The molecule has 0 aliphatic rings. The van der Waals surface area contributed by atoms with Crippen molar-refractivity contribution in [3.63, 3.8) is 0 Å². The van der Waals surface area contributed by atoms with Crippen molar-refractivity contribution in [1.29, 1.82) is 0 Å². The van der Waals surface area contributed by atoms with Gasteiger partial charge in [-0.1, -0.05) is 12.1 Å². The molecule has 0 spiro atoms. The molecular formula is C11H16N4O. The van der Waals surface area contributed by atoms with E-state index in [1.165, 1.54) is 0 Å². The zero-order valence-electron chi connectivity index (χ0n) is 9.60. The van der Waals surface area contributed by atoms with Gasteiger partial charge < -0.3 is 9.73 Å². The Labute approximate surface area is 94.5 Å². The molecule has 0 bridgehead atoms. The lowest BCUT2D eigenvalue weighted by atomic mass is 10.3. The van der Waals surface area contributed by atoms with E-state index in [1.54, 1.807) is 10.9 Å². The number of furan rings is 1. The van der Waals surface area contributed by atoms with Crippen molar-refractivity contribution in [2.75, 3.05) is 6.54 Å². The summed E-state index contributed by atoms with van der Waals surface area (Å²) >= 11 is 0. The first kappa shape index (κ1) is 10.9. The molecule has 0 amide bonds. The number of nitrogens with one attached hydrogen (secondary N) is 1. The summed E-state index contributed by atoms with van der Waals surface area (Å²) < 4.78 is 7.39. The Hall–Kier alpha value is -1.62. The molecule has 86 valence electrons.